The van der Waals surface area contributed by atoms with Crippen LogP contribution in [0.1, 0.15) is 119 Å². The van der Waals surface area contributed by atoms with Gasteiger partial charge in [0.25, 0.3) is 0 Å². The van der Waals surface area contributed by atoms with E-state index >= 15 is 0 Å². The Morgan fingerprint density at radius 2 is 1.45 bits per heavy atom. The molecule has 0 aromatic rings. The minimum Gasteiger partial charge on any atom is -0.381 e. The highest BCUT2D eigenvalue weighted by atomic mass is 16.5. The Morgan fingerprint density at radius 1 is 0.758 bits per heavy atom. The van der Waals surface area contributed by atoms with E-state index in [4.69, 9.17) is 4.74 Å². The number of carbonyl (C=O) groups excluding carboxylic acids is 1. The lowest BCUT2D eigenvalue weighted by molar-refractivity contribution is -0.178. The van der Waals surface area contributed by atoms with E-state index in [0.717, 1.165) is 24.7 Å². The molecule has 0 amide bonds. The average Bonchev–Trinajstić information content (AvgIpc) is 2.88. The van der Waals surface area contributed by atoms with Crippen molar-refractivity contribution in [3.63, 3.8) is 0 Å². The van der Waals surface area contributed by atoms with Gasteiger partial charge in [0, 0.05) is 18.9 Å². The van der Waals surface area contributed by atoms with Crippen molar-refractivity contribution in [1.29, 1.82) is 0 Å². The van der Waals surface area contributed by atoms with Gasteiger partial charge in [-0.25, -0.2) is 0 Å². The van der Waals surface area contributed by atoms with E-state index in [1.807, 2.05) is 12.7 Å². The van der Waals surface area contributed by atoms with Crippen molar-refractivity contribution in [2.45, 2.75) is 125 Å². The molecule has 3 fully saturated rings. The average molecular weight is 455 g/mol. The maximum atomic E-state index is 12.9. The molecular weight excluding hydrogens is 404 g/mol. The van der Waals surface area contributed by atoms with Crippen molar-refractivity contribution < 1.29 is 9.53 Å². The van der Waals surface area contributed by atoms with Crippen LogP contribution in [0.5, 0.6) is 0 Å². The van der Waals surface area contributed by atoms with Crippen molar-refractivity contribution in [3.8, 4) is 0 Å². The molecule has 33 heavy (non-hydrogen) atoms. The summed E-state index contributed by atoms with van der Waals surface area (Å²) in [5.41, 5.74) is 4.81. The highest BCUT2D eigenvalue weighted by Gasteiger charge is 2.62. The number of Topliss-reactive ketones (excluding diaryl/α,β-unsaturated/α-hetero) is 1. The lowest BCUT2D eigenvalue weighted by Gasteiger charge is -2.64. The summed E-state index contributed by atoms with van der Waals surface area (Å²) in [7, 11) is 1.93. The molecule has 0 bridgehead atoms. The van der Waals surface area contributed by atoms with Gasteiger partial charge in [0.2, 0.25) is 0 Å². The van der Waals surface area contributed by atoms with Gasteiger partial charge in [-0.2, -0.15) is 0 Å². The number of allylic oxidation sites excluding steroid dienone is 2. The van der Waals surface area contributed by atoms with E-state index in [-0.39, 0.29) is 16.2 Å². The molecule has 186 valence electrons. The summed E-state index contributed by atoms with van der Waals surface area (Å²) in [6, 6.07) is 0. The molecule has 2 heteroatoms. The topological polar surface area (TPSA) is 26.3 Å². The number of ether oxygens (including phenoxy) is 1. The molecule has 3 saturated carbocycles. The summed E-state index contributed by atoms with van der Waals surface area (Å²) in [6.07, 6.45) is 14.0. The molecule has 5 rings (SSSR count). The zero-order valence-corrected chi connectivity index (χ0v) is 22.9. The van der Waals surface area contributed by atoms with Crippen LogP contribution in [0.4, 0.5) is 0 Å². The van der Waals surface area contributed by atoms with E-state index in [1.54, 1.807) is 5.57 Å². The summed E-state index contributed by atoms with van der Waals surface area (Å²) in [6.45, 7) is 17.4. The van der Waals surface area contributed by atoms with E-state index in [2.05, 4.69) is 48.5 Å². The van der Waals surface area contributed by atoms with Crippen LogP contribution >= 0.6 is 0 Å². The van der Waals surface area contributed by atoms with E-state index < -0.39 is 0 Å². The Labute approximate surface area is 203 Å². The number of fused-ring (bicyclic) bond motifs is 5. The molecular formula is C31H50O2. The lowest BCUT2D eigenvalue weighted by atomic mass is 9.42. The maximum absolute atomic E-state index is 12.9. The smallest absolute Gasteiger partial charge is 0.138 e. The van der Waals surface area contributed by atoms with Gasteiger partial charge in [0.1, 0.15) is 5.78 Å². The molecule has 0 radical (unpaired) electrons. The van der Waals surface area contributed by atoms with Crippen LogP contribution in [0.2, 0.25) is 0 Å². The summed E-state index contributed by atoms with van der Waals surface area (Å²) in [4.78, 5) is 12.9. The van der Waals surface area contributed by atoms with Crippen molar-refractivity contribution in [1.82, 2.24) is 0 Å². The first-order valence-electron chi connectivity index (χ1n) is 14.1. The van der Waals surface area contributed by atoms with Crippen molar-refractivity contribution in [2.75, 3.05) is 7.11 Å². The van der Waals surface area contributed by atoms with Gasteiger partial charge in [0.15, 0.2) is 0 Å². The lowest BCUT2D eigenvalue weighted by Crippen LogP contribution is -2.58. The summed E-state index contributed by atoms with van der Waals surface area (Å²) < 4.78 is 6.03. The normalized spacial score (nSPS) is 48.8. The van der Waals surface area contributed by atoms with Crippen LogP contribution in [0.25, 0.3) is 0 Å². The summed E-state index contributed by atoms with van der Waals surface area (Å²) in [5, 5.41) is 0. The Kier molecular flexibility index (Phi) is 5.43. The van der Waals surface area contributed by atoms with Crippen molar-refractivity contribution >= 4 is 5.78 Å². The molecule has 0 saturated heterocycles. The minimum absolute atomic E-state index is 0.159. The van der Waals surface area contributed by atoms with Gasteiger partial charge in [-0.15, -0.1) is 0 Å². The Bertz CT molecular complexity index is 864. The number of rotatable bonds is 1. The molecule has 0 aromatic carbocycles. The number of methoxy groups -OCH3 is 1. The molecule has 5 aliphatic rings. The van der Waals surface area contributed by atoms with Crippen LogP contribution < -0.4 is 0 Å². The number of hydrogen-bond donors (Lipinski definition) is 0. The van der Waals surface area contributed by atoms with Crippen molar-refractivity contribution in [2.24, 2.45) is 44.8 Å². The molecule has 7 atom stereocenters. The van der Waals surface area contributed by atoms with Crippen LogP contribution in [-0.4, -0.2) is 19.0 Å². The first-order chi connectivity index (χ1) is 15.3. The quantitative estimate of drug-likeness (QED) is 0.374. The van der Waals surface area contributed by atoms with Gasteiger partial charge in [-0.3, -0.25) is 4.79 Å². The van der Waals surface area contributed by atoms with E-state index in [0.29, 0.717) is 28.6 Å². The largest absolute Gasteiger partial charge is 0.381 e. The second-order valence-electron chi connectivity index (χ2n) is 14.8. The molecule has 2 nitrogen and oxygen atoms in total. The first kappa shape index (κ1) is 24.1. The first-order valence-corrected chi connectivity index (χ1v) is 14.1. The third-order valence-corrected chi connectivity index (χ3v) is 12.8. The van der Waals surface area contributed by atoms with Crippen molar-refractivity contribution in [3.05, 3.63) is 11.1 Å². The van der Waals surface area contributed by atoms with Crippen LogP contribution in [0, 0.1) is 44.8 Å². The minimum atomic E-state index is -0.159. The third-order valence-electron chi connectivity index (χ3n) is 12.8. The summed E-state index contributed by atoms with van der Waals surface area (Å²) >= 11 is 0. The van der Waals surface area contributed by atoms with Crippen LogP contribution in [-0.2, 0) is 9.53 Å². The zero-order chi connectivity index (χ0) is 24.0. The van der Waals surface area contributed by atoms with Crippen LogP contribution in [0.3, 0.4) is 0 Å². The third kappa shape index (κ3) is 3.17. The van der Waals surface area contributed by atoms with Gasteiger partial charge in [0.05, 0.1) is 6.10 Å². The summed E-state index contributed by atoms with van der Waals surface area (Å²) in [5.74, 6) is 2.59. The Balaban J connectivity index is 1.50. The van der Waals surface area contributed by atoms with E-state index in [1.165, 1.54) is 57.8 Å². The Hall–Kier alpha value is -0.630. The fourth-order valence-electron chi connectivity index (χ4n) is 11.1. The molecule has 5 aliphatic carbocycles. The molecule has 0 heterocycles. The van der Waals surface area contributed by atoms with Crippen LogP contribution in [0.15, 0.2) is 11.1 Å². The van der Waals surface area contributed by atoms with Gasteiger partial charge in [-0.1, -0.05) is 59.6 Å². The van der Waals surface area contributed by atoms with E-state index in [9.17, 15) is 4.79 Å². The predicted molar refractivity (Wildman–Crippen MR) is 136 cm³/mol. The molecule has 0 unspecified atom stereocenters. The standard InChI is InChI=1S/C31H50O2/c1-27(2)22-11-9-20-19-29(5)16-13-23-28(3,4)26(33-8)15-18-31(23,7)24(29)12-10-21(20)30(22,6)17-14-25(27)32/h22-24,26H,9-19H2,1-8H3/t22-,23-,24-,26+,29-,30+,31-/m0/s1. The molecule has 0 aromatic heterocycles. The SMILES string of the molecule is CO[C@@H]1CC[C@@]2(C)[C@@H](CC[C@@]3(C)CC4=C(CC[C@@H]32)[C@@]2(C)CCC(=O)C(C)(C)[C@@H]2CC4)C1(C)C. The predicted octanol–water partition coefficient (Wildman–Crippen LogP) is 8.15. The van der Waals surface area contributed by atoms with Gasteiger partial charge in [-0.05, 0) is 104 Å². The maximum Gasteiger partial charge on any atom is 0.138 e. The number of ketones is 1. The fourth-order valence-corrected chi connectivity index (χ4v) is 11.1. The fraction of sp³-hybridized carbons (Fsp3) is 0.903. The Morgan fingerprint density at radius 3 is 2.15 bits per heavy atom. The number of hydrogen-bond acceptors (Lipinski definition) is 2. The second-order valence-corrected chi connectivity index (χ2v) is 14.8. The van der Waals surface area contributed by atoms with Gasteiger partial charge >= 0.3 is 0 Å². The number of carbonyl (C=O) groups is 1. The molecule has 0 spiro atoms. The van der Waals surface area contributed by atoms with Gasteiger partial charge < -0.3 is 4.74 Å². The highest BCUT2D eigenvalue weighted by molar-refractivity contribution is 5.85. The zero-order valence-electron chi connectivity index (χ0n) is 22.9. The highest BCUT2D eigenvalue weighted by Crippen LogP contribution is 2.69. The molecule has 0 aliphatic heterocycles. The second kappa shape index (κ2) is 7.44. The monoisotopic (exact) mass is 454 g/mol. The molecule has 0 N–H and O–H groups in total.